The van der Waals surface area contributed by atoms with Gasteiger partial charge in [-0.05, 0) is 49.9 Å². The first-order chi connectivity index (χ1) is 8.81. The van der Waals surface area contributed by atoms with E-state index in [2.05, 4.69) is 4.98 Å². The van der Waals surface area contributed by atoms with Crippen LogP contribution in [0, 0.1) is 0 Å². The molecule has 0 radical (unpaired) electrons. The van der Waals surface area contributed by atoms with Crippen molar-refractivity contribution in [3.05, 3.63) is 30.3 Å². The van der Waals surface area contributed by atoms with Crippen LogP contribution in [0.15, 0.2) is 30.3 Å². The van der Waals surface area contributed by atoms with E-state index in [1.807, 2.05) is 30.3 Å². The highest BCUT2D eigenvalue weighted by Gasteiger charge is 2.15. The molecule has 0 aliphatic heterocycles. The van der Waals surface area contributed by atoms with Crippen molar-refractivity contribution in [2.45, 2.75) is 38.2 Å². The molecular weight excluding hydrogens is 224 g/mol. The fourth-order valence-electron chi connectivity index (χ4n) is 2.54. The van der Waals surface area contributed by atoms with E-state index in [1.165, 1.54) is 19.3 Å². The summed E-state index contributed by atoms with van der Waals surface area (Å²) in [6.07, 6.45) is 6.54. The third kappa shape index (κ3) is 2.40. The molecule has 0 atom stereocenters. The number of anilines is 1. The minimum absolute atomic E-state index is 0.345. The number of pyridine rings is 1. The number of rotatable bonds is 2. The molecule has 1 fully saturated rings. The van der Waals surface area contributed by atoms with E-state index in [4.69, 9.17) is 10.5 Å². The van der Waals surface area contributed by atoms with Crippen molar-refractivity contribution in [1.82, 2.24) is 4.98 Å². The lowest BCUT2D eigenvalue weighted by Crippen LogP contribution is -2.20. The standard InChI is InChI=1S/C15H18N2O/c16-12-7-8-14-11(10-12)6-9-15(17-14)18-13-4-2-1-3-5-13/h6-10,13H,1-5,16H2. The van der Waals surface area contributed by atoms with Crippen LogP contribution >= 0.6 is 0 Å². The third-order valence-electron chi connectivity index (χ3n) is 3.53. The molecular formula is C15H18N2O. The minimum Gasteiger partial charge on any atom is -0.474 e. The zero-order valence-electron chi connectivity index (χ0n) is 10.4. The predicted molar refractivity (Wildman–Crippen MR) is 73.7 cm³/mol. The summed E-state index contributed by atoms with van der Waals surface area (Å²) in [6, 6.07) is 9.72. The Morgan fingerprint density at radius 2 is 1.89 bits per heavy atom. The number of hydrogen-bond donors (Lipinski definition) is 1. The van der Waals surface area contributed by atoms with Crippen LogP contribution in [0.2, 0.25) is 0 Å². The highest BCUT2D eigenvalue weighted by atomic mass is 16.5. The van der Waals surface area contributed by atoms with Crippen LogP contribution in [0.4, 0.5) is 5.69 Å². The van der Waals surface area contributed by atoms with E-state index >= 15 is 0 Å². The van der Waals surface area contributed by atoms with Gasteiger partial charge >= 0.3 is 0 Å². The highest BCUT2D eigenvalue weighted by Crippen LogP contribution is 2.24. The summed E-state index contributed by atoms with van der Waals surface area (Å²) in [5, 5.41) is 1.06. The molecule has 1 saturated carbocycles. The van der Waals surface area contributed by atoms with Gasteiger partial charge in [-0.25, -0.2) is 4.98 Å². The fraction of sp³-hybridized carbons (Fsp3) is 0.400. The number of aromatic nitrogens is 1. The van der Waals surface area contributed by atoms with Crippen LogP contribution in [0.1, 0.15) is 32.1 Å². The second kappa shape index (κ2) is 4.84. The van der Waals surface area contributed by atoms with E-state index in [-0.39, 0.29) is 0 Å². The Bertz CT molecular complexity index is 547. The van der Waals surface area contributed by atoms with Gasteiger partial charge in [0.15, 0.2) is 0 Å². The van der Waals surface area contributed by atoms with Crippen LogP contribution in [-0.2, 0) is 0 Å². The van der Waals surface area contributed by atoms with Crippen molar-refractivity contribution < 1.29 is 4.74 Å². The quantitative estimate of drug-likeness (QED) is 0.819. The number of ether oxygens (including phenoxy) is 1. The Morgan fingerprint density at radius 3 is 2.72 bits per heavy atom. The van der Waals surface area contributed by atoms with Gasteiger partial charge in [-0.15, -0.1) is 0 Å². The SMILES string of the molecule is Nc1ccc2nc(OC3CCCCC3)ccc2c1. The first-order valence-corrected chi connectivity index (χ1v) is 6.64. The Labute approximate surface area is 107 Å². The van der Waals surface area contributed by atoms with Gasteiger partial charge < -0.3 is 10.5 Å². The Kier molecular flexibility index (Phi) is 3.05. The van der Waals surface area contributed by atoms with E-state index in [0.29, 0.717) is 6.10 Å². The van der Waals surface area contributed by atoms with E-state index < -0.39 is 0 Å². The molecule has 1 aromatic carbocycles. The fourth-order valence-corrected chi connectivity index (χ4v) is 2.54. The van der Waals surface area contributed by atoms with E-state index in [9.17, 15) is 0 Å². The van der Waals surface area contributed by atoms with Crippen LogP contribution in [0.5, 0.6) is 5.88 Å². The summed E-state index contributed by atoms with van der Waals surface area (Å²) >= 11 is 0. The summed E-state index contributed by atoms with van der Waals surface area (Å²) in [7, 11) is 0. The first-order valence-electron chi connectivity index (χ1n) is 6.64. The van der Waals surface area contributed by atoms with Crippen LogP contribution in [0.3, 0.4) is 0 Å². The molecule has 1 aliphatic carbocycles. The molecule has 0 saturated heterocycles. The normalized spacial score (nSPS) is 16.9. The van der Waals surface area contributed by atoms with Gasteiger partial charge in [0, 0.05) is 17.1 Å². The van der Waals surface area contributed by atoms with Gasteiger partial charge in [-0.1, -0.05) is 6.42 Å². The lowest BCUT2D eigenvalue weighted by atomic mass is 9.98. The van der Waals surface area contributed by atoms with Crippen LogP contribution in [-0.4, -0.2) is 11.1 Å². The number of nitrogen functional groups attached to an aromatic ring is 1. The Balaban J connectivity index is 1.82. The van der Waals surface area contributed by atoms with Crippen LogP contribution in [0.25, 0.3) is 10.9 Å². The number of fused-ring (bicyclic) bond motifs is 1. The zero-order chi connectivity index (χ0) is 12.4. The molecule has 1 aliphatic rings. The maximum atomic E-state index is 5.95. The number of nitrogens with two attached hydrogens (primary N) is 1. The molecule has 3 nitrogen and oxygen atoms in total. The monoisotopic (exact) mass is 242 g/mol. The maximum Gasteiger partial charge on any atom is 0.214 e. The molecule has 1 aromatic heterocycles. The number of nitrogens with zero attached hydrogens (tertiary/aromatic N) is 1. The summed E-state index contributed by atoms with van der Waals surface area (Å²) in [5.74, 6) is 0.735. The van der Waals surface area contributed by atoms with Crippen molar-refractivity contribution in [3.63, 3.8) is 0 Å². The summed E-state index contributed by atoms with van der Waals surface area (Å²) in [4.78, 5) is 4.53. The lowest BCUT2D eigenvalue weighted by molar-refractivity contribution is 0.149. The molecule has 0 unspecified atom stereocenters. The van der Waals surface area contributed by atoms with Crippen molar-refractivity contribution >= 4 is 16.6 Å². The second-order valence-electron chi connectivity index (χ2n) is 4.98. The highest BCUT2D eigenvalue weighted by molar-refractivity contribution is 5.82. The summed E-state index contributed by atoms with van der Waals surface area (Å²) in [6.45, 7) is 0. The minimum atomic E-state index is 0.345. The molecule has 2 aromatic rings. The molecule has 1 heterocycles. The van der Waals surface area contributed by atoms with Gasteiger partial charge in [0.05, 0.1) is 5.52 Å². The largest absolute Gasteiger partial charge is 0.474 e. The van der Waals surface area contributed by atoms with Crippen molar-refractivity contribution in [2.24, 2.45) is 0 Å². The Morgan fingerprint density at radius 1 is 1.06 bits per heavy atom. The topological polar surface area (TPSA) is 48.1 Å². The van der Waals surface area contributed by atoms with E-state index in [0.717, 1.165) is 35.3 Å². The molecule has 2 N–H and O–H groups in total. The molecule has 94 valence electrons. The van der Waals surface area contributed by atoms with Crippen molar-refractivity contribution in [1.29, 1.82) is 0 Å². The van der Waals surface area contributed by atoms with Gasteiger partial charge in [0.2, 0.25) is 5.88 Å². The zero-order valence-corrected chi connectivity index (χ0v) is 10.4. The van der Waals surface area contributed by atoms with Crippen molar-refractivity contribution in [2.75, 3.05) is 5.73 Å². The third-order valence-corrected chi connectivity index (χ3v) is 3.53. The lowest BCUT2D eigenvalue weighted by Gasteiger charge is -2.22. The smallest absolute Gasteiger partial charge is 0.214 e. The van der Waals surface area contributed by atoms with Crippen LogP contribution < -0.4 is 10.5 Å². The van der Waals surface area contributed by atoms with Gasteiger partial charge in [-0.3, -0.25) is 0 Å². The summed E-state index contributed by atoms with van der Waals surface area (Å²) in [5.41, 5.74) is 7.46. The average molecular weight is 242 g/mol. The Hall–Kier alpha value is -1.77. The average Bonchev–Trinajstić information content (AvgIpc) is 2.40. The first kappa shape index (κ1) is 11.3. The second-order valence-corrected chi connectivity index (χ2v) is 4.98. The van der Waals surface area contributed by atoms with Gasteiger partial charge in [0.1, 0.15) is 6.10 Å². The molecule has 3 rings (SSSR count). The molecule has 0 bridgehead atoms. The number of hydrogen-bond acceptors (Lipinski definition) is 3. The van der Waals surface area contributed by atoms with E-state index in [1.54, 1.807) is 0 Å². The van der Waals surface area contributed by atoms with Crippen molar-refractivity contribution in [3.8, 4) is 5.88 Å². The maximum absolute atomic E-state index is 5.95. The molecule has 0 amide bonds. The number of benzene rings is 1. The molecule has 3 heteroatoms. The summed E-state index contributed by atoms with van der Waals surface area (Å²) < 4.78 is 5.95. The predicted octanol–water partition coefficient (Wildman–Crippen LogP) is 3.53. The molecule has 18 heavy (non-hydrogen) atoms. The van der Waals surface area contributed by atoms with Gasteiger partial charge in [0.25, 0.3) is 0 Å². The molecule has 0 spiro atoms. The van der Waals surface area contributed by atoms with Gasteiger partial charge in [-0.2, -0.15) is 0 Å².